The Hall–Kier alpha value is -1.63. The third-order valence-corrected chi connectivity index (χ3v) is 1.40. The van der Waals surface area contributed by atoms with Crippen LogP contribution in [0.5, 0.6) is 0 Å². The molecule has 1 amide bonds. The molecule has 0 saturated carbocycles. The Morgan fingerprint density at radius 1 is 1.38 bits per heavy atom. The number of nitrogens with one attached hydrogen (secondary N) is 1. The summed E-state index contributed by atoms with van der Waals surface area (Å²) in [6, 6.07) is 3.81. The maximum atomic E-state index is 10.7. The number of carbonyl (C=O) groups is 1. The predicted octanol–water partition coefficient (Wildman–Crippen LogP) is -1.28. The van der Waals surface area contributed by atoms with E-state index in [1.54, 1.807) is 4.90 Å². The molecule has 0 unspecified atom stereocenters. The van der Waals surface area contributed by atoms with Gasteiger partial charge in [-0.1, -0.05) is 0 Å². The van der Waals surface area contributed by atoms with Gasteiger partial charge in [-0.3, -0.25) is 15.1 Å². The van der Waals surface area contributed by atoms with Gasteiger partial charge in [-0.2, -0.15) is 10.5 Å². The molecule has 70 valence electrons. The fourth-order valence-corrected chi connectivity index (χ4v) is 0.746. The molecule has 6 heteroatoms. The van der Waals surface area contributed by atoms with E-state index in [-0.39, 0.29) is 25.4 Å². The summed E-state index contributed by atoms with van der Waals surface area (Å²) < 4.78 is 0. The average molecular weight is 181 g/mol. The zero-order chi connectivity index (χ0) is 10.1. The molecule has 0 radical (unpaired) electrons. The number of nitrogens with two attached hydrogens (primary N) is 1. The zero-order valence-electron chi connectivity index (χ0n) is 7.16. The number of hydrogen-bond donors (Lipinski definition) is 2. The summed E-state index contributed by atoms with van der Waals surface area (Å²) in [5.74, 6) is 4.55. The van der Waals surface area contributed by atoms with E-state index in [1.807, 2.05) is 17.6 Å². The molecule has 0 spiro atoms. The molecule has 13 heavy (non-hydrogen) atoms. The van der Waals surface area contributed by atoms with Gasteiger partial charge in [0.1, 0.15) is 0 Å². The fourth-order valence-electron chi connectivity index (χ4n) is 0.746. The van der Waals surface area contributed by atoms with E-state index in [1.165, 1.54) is 0 Å². The summed E-state index contributed by atoms with van der Waals surface area (Å²) >= 11 is 0. The second-order valence-electron chi connectivity index (χ2n) is 2.34. The maximum Gasteiger partial charge on any atom is 0.235 e. The van der Waals surface area contributed by atoms with Crippen LogP contribution in [0, 0.1) is 22.7 Å². The van der Waals surface area contributed by atoms with Gasteiger partial charge in [0.25, 0.3) is 0 Å². The van der Waals surface area contributed by atoms with Crippen molar-refractivity contribution in [1.29, 1.82) is 10.5 Å². The highest BCUT2D eigenvalue weighted by Gasteiger charge is 2.05. The van der Waals surface area contributed by atoms with Crippen LogP contribution in [0.15, 0.2) is 0 Å². The van der Waals surface area contributed by atoms with Crippen molar-refractivity contribution in [1.82, 2.24) is 10.3 Å². The van der Waals surface area contributed by atoms with E-state index in [0.717, 1.165) is 0 Å². The van der Waals surface area contributed by atoms with Crippen LogP contribution in [0.1, 0.15) is 6.42 Å². The van der Waals surface area contributed by atoms with Crippen LogP contribution in [0.2, 0.25) is 0 Å². The maximum absolute atomic E-state index is 10.7. The Bertz CT molecular complexity index is 222. The first-order valence-corrected chi connectivity index (χ1v) is 3.70. The van der Waals surface area contributed by atoms with E-state index in [2.05, 4.69) is 0 Å². The van der Waals surface area contributed by atoms with Gasteiger partial charge in [0.15, 0.2) is 0 Å². The first kappa shape index (κ1) is 11.4. The largest absolute Gasteiger partial charge is 0.294 e. The van der Waals surface area contributed by atoms with Crippen LogP contribution in [0.3, 0.4) is 0 Å². The molecular weight excluding hydrogens is 170 g/mol. The van der Waals surface area contributed by atoms with E-state index < -0.39 is 0 Å². The lowest BCUT2D eigenvalue weighted by Crippen LogP contribution is -2.34. The summed E-state index contributed by atoms with van der Waals surface area (Å²) in [5.41, 5.74) is 1.97. The fraction of sp³-hybridized carbons (Fsp3) is 0.571. The molecule has 0 aliphatic carbocycles. The Morgan fingerprint density at radius 2 is 1.92 bits per heavy atom. The number of nitriles is 2. The average Bonchev–Trinajstić information content (AvgIpc) is 2.14. The summed E-state index contributed by atoms with van der Waals surface area (Å²) in [6.07, 6.45) is 0.194. The molecule has 0 atom stereocenters. The molecule has 3 N–H and O–H groups in total. The van der Waals surface area contributed by atoms with Crippen molar-refractivity contribution in [2.75, 3.05) is 19.6 Å². The van der Waals surface area contributed by atoms with Crippen LogP contribution in [0.4, 0.5) is 0 Å². The van der Waals surface area contributed by atoms with Crippen molar-refractivity contribution in [3.05, 3.63) is 0 Å². The molecule has 6 nitrogen and oxygen atoms in total. The Kier molecular flexibility index (Phi) is 6.16. The highest BCUT2D eigenvalue weighted by atomic mass is 16.2. The highest BCUT2D eigenvalue weighted by Crippen LogP contribution is 1.89. The molecule has 0 aliphatic rings. The summed E-state index contributed by atoms with van der Waals surface area (Å²) in [7, 11) is 0. The molecule has 0 saturated heterocycles. The first-order valence-electron chi connectivity index (χ1n) is 3.70. The third-order valence-electron chi connectivity index (χ3n) is 1.40. The van der Waals surface area contributed by atoms with Gasteiger partial charge >= 0.3 is 0 Å². The van der Waals surface area contributed by atoms with Gasteiger partial charge < -0.3 is 0 Å². The molecule has 0 aliphatic heterocycles. The normalized spacial score (nSPS) is 8.92. The van der Waals surface area contributed by atoms with Gasteiger partial charge in [0, 0.05) is 13.0 Å². The lowest BCUT2D eigenvalue weighted by Gasteiger charge is -2.13. The quantitative estimate of drug-likeness (QED) is 0.238. The third kappa shape index (κ3) is 5.62. The van der Waals surface area contributed by atoms with Crippen LogP contribution in [-0.4, -0.2) is 30.4 Å². The van der Waals surface area contributed by atoms with Gasteiger partial charge in [0.05, 0.1) is 25.2 Å². The van der Waals surface area contributed by atoms with Crippen LogP contribution in [0.25, 0.3) is 0 Å². The SMILES string of the molecule is N#CCN(CC#N)CCC(=O)NN. The standard InChI is InChI=1S/C7H11N5O/c8-2-5-12(6-3-9)4-1-7(13)11-10/h1,4-6,10H2,(H,11,13). The van der Waals surface area contributed by atoms with Crippen molar-refractivity contribution >= 4 is 5.91 Å². The number of carbonyl (C=O) groups excluding carboxylic acids is 1. The van der Waals surface area contributed by atoms with E-state index in [4.69, 9.17) is 16.4 Å². The lowest BCUT2D eigenvalue weighted by atomic mass is 10.3. The van der Waals surface area contributed by atoms with Crippen molar-refractivity contribution in [3.63, 3.8) is 0 Å². The Balaban J connectivity index is 3.77. The van der Waals surface area contributed by atoms with E-state index in [9.17, 15) is 4.79 Å². The van der Waals surface area contributed by atoms with Crippen LogP contribution in [-0.2, 0) is 4.79 Å². The van der Waals surface area contributed by atoms with Gasteiger partial charge in [-0.25, -0.2) is 5.84 Å². The van der Waals surface area contributed by atoms with Crippen LogP contribution < -0.4 is 11.3 Å². The number of rotatable bonds is 5. The lowest BCUT2D eigenvalue weighted by molar-refractivity contribution is -0.121. The highest BCUT2D eigenvalue weighted by molar-refractivity contribution is 5.75. The summed E-state index contributed by atoms with van der Waals surface area (Å²) in [5, 5.41) is 16.7. The van der Waals surface area contributed by atoms with E-state index in [0.29, 0.717) is 6.54 Å². The molecule has 0 aromatic carbocycles. The number of hydrogen-bond acceptors (Lipinski definition) is 5. The number of nitrogens with zero attached hydrogens (tertiary/aromatic N) is 3. The van der Waals surface area contributed by atoms with E-state index >= 15 is 0 Å². The van der Waals surface area contributed by atoms with Gasteiger partial charge in [0.2, 0.25) is 5.91 Å². The molecular formula is C7H11N5O. The van der Waals surface area contributed by atoms with Crippen molar-refractivity contribution in [2.45, 2.75) is 6.42 Å². The summed E-state index contributed by atoms with van der Waals surface area (Å²) in [4.78, 5) is 12.3. The monoisotopic (exact) mass is 181 g/mol. The van der Waals surface area contributed by atoms with Crippen LogP contribution >= 0.6 is 0 Å². The molecule has 0 aromatic rings. The first-order chi connectivity index (χ1) is 6.24. The minimum Gasteiger partial charge on any atom is -0.294 e. The Morgan fingerprint density at radius 3 is 2.31 bits per heavy atom. The molecule has 0 rings (SSSR count). The molecule has 0 aromatic heterocycles. The smallest absolute Gasteiger partial charge is 0.235 e. The molecule has 0 heterocycles. The molecule has 0 fully saturated rings. The minimum atomic E-state index is -0.305. The second kappa shape index (κ2) is 7.04. The number of amides is 1. The molecule has 0 bridgehead atoms. The minimum absolute atomic E-state index is 0.144. The summed E-state index contributed by atoms with van der Waals surface area (Å²) in [6.45, 7) is 0.654. The number of hydrazine groups is 1. The van der Waals surface area contributed by atoms with Crippen molar-refractivity contribution < 1.29 is 4.79 Å². The van der Waals surface area contributed by atoms with Crippen molar-refractivity contribution in [3.8, 4) is 12.1 Å². The van der Waals surface area contributed by atoms with Crippen molar-refractivity contribution in [2.24, 2.45) is 5.84 Å². The topological polar surface area (TPSA) is 106 Å². The second-order valence-corrected chi connectivity index (χ2v) is 2.34. The zero-order valence-corrected chi connectivity index (χ0v) is 7.16. The van der Waals surface area contributed by atoms with Gasteiger partial charge in [-0.15, -0.1) is 0 Å². The predicted molar refractivity (Wildman–Crippen MR) is 44.6 cm³/mol. The Labute approximate surface area is 76.5 Å². The van der Waals surface area contributed by atoms with Gasteiger partial charge in [-0.05, 0) is 0 Å².